The molecule has 4 aromatic heterocycles. The quantitative estimate of drug-likeness (QED) is 0.360. The highest BCUT2D eigenvalue weighted by atomic mass is 32.2. The summed E-state index contributed by atoms with van der Waals surface area (Å²) in [5.41, 5.74) is 2.65. The lowest BCUT2D eigenvalue weighted by molar-refractivity contribution is 0.102. The minimum atomic E-state index is 0.0699. The Hall–Kier alpha value is -2.23. The molecule has 4 heterocycles. The van der Waals surface area contributed by atoms with Gasteiger partial charge >= 0.3 is 0 Å². The Morgan fingerprint density at radius 2 is 2.19 bits per heavy atom. The third-order valence-electron chi connectivity index (χ3n) is 4.11. The number of hydrogen-bond donors (Lipinski definition) is 1. The fourth-order valence-electron chi connectivity index (χ4n) is 2.87. The Labute approximate surface area is 168 Å². The normalized spacial score (nSPS) is 11.2. The third-order valence-corrected chi connectivity index (χ3v) is 6.59. The predicted octanol–water partition coefficient (Wildman–Crippen LogP) is 4.30. The Bertz CT molecular complexity index is 1050. The molecule has 1 N–H and O–H groups in total. The monoisotopic (exact) mass is 415 g/mol. The van der Waals surface area contributed by atoms with Gasteiger partial charge in [-0.05, 0) is 31.4 Å². The highest BCUT2D eigenvalue weighted by Crippen LogP contribution is 2.24. The molecular formula is C18H17N5OS3. The number of H-pyrrole nitrogens is 1. The summed E-state index contributed by atoms with van der Waals surface area (Å²) in [5, 5.41) is 12.6. The van der Waals surface area contributed by atoms with Gasteiger partial charge < -0.3 is 0 Å². The largest absolute Gasteiger partial charge is 0.294 e. The highest BCUT2D eigenvalue weighted by Gasteiger charge is 2.18. The number of Topliss-reactive ketones (excluding diaryl/α,β-unsaturated/α-hetero) is 1. The van der Waals surface area contributed by atoms with E-state index >= 15 is 0 Å². The van der Waals surface area contributed by atoms with Gasteiger partial charge in [-0.2, -0.15) is 0 Å². The first-order valence-electron chi connectivity index (χ1n) is 8.30. The van der Waals surface area contributed by atoms with Crippen molar-refractivity contribution in [3.05, 3.63) is 62.8 Å². The van der Waals surface area contributed by atoms with E-state index in [1.165, 1.54) is 16.6 Å². The highest BCUT2D eigenvalue weighted by molar-refractivity contribution is 7.99. The first-order chi connectivity index (χ1) is 13.1. The van der Waals surface area contributed by atoms with Crippen LogP contribution in [0.5, 0.6) is 0 Å². The molecule has 0 fully saturated rings. The van der Waals surface area contributed by atoms with E-state index in [4.69, 9.17) is 0 Å². The Morgan fingerprint density at radius 1 is 1.30 bits per heavy atom. The van der Waals surface area contributed by atoms with Gasteiger partial charge in [0.05, 0.1) is 5.75 Å². The molecule has 0 atom stereocenters. The van der Waals surface area contributed by atoms with E-state index in [1.54, 1.807) is 28.9 Å². The summed E-state index contributed by atoms with van der Waals surface area (Å²) < 4.78 is 2.02. The summed E-state index contributed by atoms with van der Waals surface area (Å²) in [6.45, 7) is 3.95. The summed E-state index contributed by atoms with van der Waals surface area (Å²) in [4.78, 5) is 22.8. The average molecular weight is 416 g/mol. The van der Waals surface area contributed by atoms with Gasteiger partial charge in [0.2, 0.25) is 5.16 Å². The van der Waals surface area contributed by atoms with Crippen molar-refractivity contribution in [3.8, 4) is 5.13 Å². The van der Waals surface area contributed by atoms with E-state index in [1.807, 2.05) is 41.3 Å². The second-order valence-corrected chi connectivity index (χ2v) is 8.82. The Kier molecular flexibility index (Phi) is 5.24. The molecule has 0 radical (unpaired) electrons. The number of carbonyl (C=O) groups is 1. The van der Waals surface area contributed by atoms with Gasteiger partial charge in [-0.3, -0.25) is 14.5 Å². The fraction of sp³-hybridized carbons (Fsp3) is 0.222. The standard InChI is InChI=1S/C18H17N5OS3/c1-11-8-14(12(2)23(11)18-19-5-7-26-18)15(24)10-27-17-20-16(21-22-17)9-13-4-3-6-25-13/h3-8H,9-10H2,1-2H3,(H,20,21,22). The molecule has 6 nitrogen and oxygen atoms in total. The minimum Gasteiger partial charge on any atom is -0.294 e. The summed E-state index contributed by atoms with van der Waals surface area (Å²) >= 11 is 4.60. The molecule has 9 heteroatoms. The maximum atomic E-state index is 12.7. The van der Waals surface area contributed by atoms with Crippen molar-refractivity contribution < 1.29 is 4.79 Å². The zero-order chi connectivity index (χ0) is 18.8. The van der Waals surface area contributed by atoms with E-state index in [0.29, 0.717) is 10.9 Å². The fourth-order valence-corrected chi connectivity index (χ4v) is 5.03. The van der Waals surface area contributed by atoms with Crippen LogP contribution in [-0.4, -0.2) is 36.3 Å². The summed E-state index contributed by atoms with van der Waals surface area (Å²) in [6.07, 6.45) is 2.50. The van der Waals surface area contributed by atoms with Crippen molar-refractivity contribution in [1.29, 1.82) is 0 Å². The van der Waals surface area contributed by atoms with E-state index in [2.05, 4.69) is 26.2 Å². The van der Waals surface area contributed by atoms with Gasteiger partial charge in [-0.1, -0.05) is 17.8 Å². The molecule has 27 heavy (non-hydrogen) atoms. The number of thiazole rings is 1. The predicted molar refractivity (Wildman–Crippen MR) is 109 cm³/mol. The number of aryl methyl sites for hydroxylation is 1. The molecule has 0 spiro atoms. The number of rotatable bonds is 7. The number of thiophene rings is 1. The lowest BCUT2D eigenvalue weighted by atomic mass is 10.2. The topological polar surface area (TPSA) is 76.5 Å². The molecule has 0 saturated carbocycles. The number of nitrogens with zero attached hydrogens (tertiary/aromatic N) is 4. The van der Waals surface area contributed by atoms with Crippen LogP contribution in [0.1, 0.15) is 32.4 Å². The van der Waals surface area contributed by atoms with Crippen LogP contribution in [0.2, 0.25) is 0 Å². The van der Waals surface area contributed by atoms with Gasteiger partial charge in [0.15, 0.2) is 10.9 Å². The van der Waals surface area contributed by atoms with Crippen LogP contribution in [0.25, 0.3) is 5.13 Å². The van der Waals surface area contributed by atoms with Gasteiger partial charge in [-0.25, -0.2) is 9.97 Å². The van der Waals surface area contributed by atoms with Crippen molar-refractivity contribution in [2.75, 3.05) is 5.75 Å². The van der Waals surface area contributed by atoms with Crippen molar-refractivity contribution in [3.63, 3.8) is 0 Å². The Morgan fingerprint density at radius 3 is 2.93 bits per heavy atom. The molecule has 0 unspecified atom stereocenters. The van der Waals surface area contributed by atoms with Crippen molar-refractivity contribution in [2.24, 2.45) is 0 Å². The number of carbonyl (C=O) groups excluding carboxylic acids is 1. The van der Waals surface area contributed by atoms with Crippen LogP contribution in [0.3, 0.4) is 0 Å². The molecule has 0 saturated heterocycles. The molecule has 0 aliphatic heterocycles. The molecule has 0 aromatic carbocycles. The molecule has 0 aliphatic carbocycles. The average Bonchev–Trinajstić information content (AvgIpc) is 3.42. The zero-order valence-electron chi connectivity index (χ0n) is 14.8. The number of nitrogens with one attached hydrogen (secondary N) is 1. The molecule has 0 bridgehead atoms. The van der Waals surface area contributed by atoms with Crippen molar-refractivity contribution in [2.45, 2.75) is 25.4 Å². The van der Waals surface area contributed by atoms with E-state index < -0.39 is 0 Å². The number of aromatic nitrogens is 5. The van der Waals surface area contributed by atoms with Gasteiger partial charge in [0, 0.05) is 39.8 Å². The summed E-state index contributed by atoms with van der Waals surface area (Å²) in [5.74, 6) is 1.19. The maximum absolute atomic E-state index is 12.7. The number of ketones is 1. The summed E-state index contributed by atoms with van der Waals surface area (Å²) in [6, 6.07) is 6.02. The summed E-state index contributed by atoms with van der Waals surface area (Å²) in [7, 11) is 0. The van der Waals surface area contributed by atoms with Crippen LogP contribution in [0, 0.1) is 13.8 Å². The van der Waals surface area contributed by atoms with Gasteiger partial charge in [0.25, 0.3) is 0 Å². The first kappa shape index (κ1) is 18.1. The van der Waals surface area contributed by atoms with Crippen LogP contribution >= 0.6 is 34.4 Å². The number of aromatic amines is 1. The second-order valence-electron chi connectivity index (χ2n) is 5.97. The molecule has 4 aromatic rings. The van der Waals surface area contributed by atoms with E-state index in [-0.39, 0.29) is 5.78 Å². The molecule has 0 amide bonds. The molecule has 0 aliphatic rings. The third kappa shape index (κ3) is 3.90. The van der Waals surface area contributed by atoms with E-state index in [0.717, 1.165) is 34.3 Å². The van der Waals surface area contributed by atoms with Crippen molar-refractivity contribution in [1.82, 2.24) is 24.7 Å². The molecular weight excluding hydrogens is 398 g/mol. The van der Waals surface area contributed by atoms with Crippen molar-refractivity contribution >= 4 is 40.2 Å². The lowest BCUT2D eigenvalue weighted by Crippen LogP contribution is -2.05. The van der Waals surface area contributed by atoms with Gasteiger partial charge in [-0.15, -0.1) is 27.8 Å². The smallest absolute Gasteiger partial charge is 0.208 e. The van der Waals surface area contributed by atoms with Gasteiger partial charge in [0.1, 0.15) is 5.82 Å². The second kappa shape index (κ2) is 7.79. The van der Waals surface area contributed by atoms with Crippen LogP contribution in [-0.2, 0) is 6.42 Å². The zero-order valence-corrected chi connectivity index (χ0v) is 17.2. The molecule has 4 rings (SSSR count). The Balaban J connectivity index is 1.43. The molecule has 138 valence electrons. The number of thioether (sulfide) groups is 1. The first-order valence-corrected chi connectivity index (χ1v) is 11.0. The minimum absolute atomic E-state index is 0.0699. The van der Waals surface area contributed by atoms with Crippen LogP contribution in [0.15, 0.2) is 40.3 Å². The maximum Gasteiger partial charge on any atom is 0.208 e. The van der Waals surface area contributed by atoms with Crippen LogP contribution < -0.4 is 0 Å². The van der Waals surface area contributed by atoms with E-state index in [9.17, 15) is 4.79 Å². The SMILES string of the molecule is Cc1cc(C(=O)CSc2n[nH]c(Cc3cccs3)n2)c(C)n1-c1nccs1. The number of hydrogen-bond acceptors (Lipinski definition) is 7. The van der Waals surface area contributed by atoms with Crippen LogP contribution in [0.4, 0.5) is 0 Å². The lowest BCUT2D eigenvalue weighted by Gasteiger charge is -2.05.